The van der Waals surface area contributed by atoms with Crippen LogP contribution in [0.5, 0.6) is 0 Å². The Labute approximate surface area is 111 Å². The summed E-state index contributed by atoms with van der Waals surface area (Å²) < 4.78 is 2.06. The molecule has 0 spiro atoms. The molecule has 0 bridgehead atoms. The third-order valence-electron chi connectivity index (χ3n) is 4.09. The Balaban J connectivity index is 1.98. The van der Waals surface area contributed by atoms with Gasteiger partial charge in [-0.2, -0.15) is 5.10 Å². The predicted molar refractivity (Wildman–Crippen MR) is 75.7 cm³/mol. The van der Waals surface area contributed by atoms with Crippen molar-refractivity contribution in [3.63, 3.8) is 0 Å². The minimum Gasteiger partial charge on any atom is -0.314 e. The fraction of sp³-hybridized carbons (Fsp3) is 0.800. The number of hydrogen-bond acceptors (Lipinski definition) is 2. The lowest BCUT2D eigenvalue weighted by molar-refractivity contribution is 0.341. The van der Waals surface area contributed by atoms with Crippen LogP contribution in [0.15, 0.2) is 12.3 Å². The fourth-order valence-electron chi connectivity index (χ4n) is 2.66. The highest BCUT2D eigenvalue weighted by Crippen LogP contribution is 2.38. The second kappa shape index (κ2) is 5.87. The minimum absolute atomic E-state index is 0.456. The van der Waals surface area contributed by atoms with Gasteiger partial charge in [-0.1, -0.05) is 13.8 Å². The Morgan fingerprint density at radius 2 is 2.11 bits per heavy atom. The molecule has 2 unspecified atom stereocenters. The van der Waals surface area contributed by atoms with E-state index in [1.807, 2.05) is 0 Å². The third kappa shape index (κ3) is 3.35. The molecule has 102 valence electrons. The lowest BCUT2D eigenvalue weighted by Gasteiger charge is -2.24. The van der Waals surface area contributed by atoms with Crippen LogP contribution < -0.4 is 5.32 Å². The maximum Gasteiger partial charge on any atom is 0.0640 e. The highest BCUT2D eigenvalue weighted by atomic mass is 15.3. The standard InChI is InChI=1S/C15H27N3/c1-5-16-15(12(4)13-6-7-13)10-14-8-9-18(17-14)11(2)3/h8-9,11-13,15-16H,5-7,10H2,1-4H3. The molecule has 0 aliphatic heterocycles. The number of hydrogen-bond donors (Lipinski definition) is 1. The Bertz CT molecular complexity index is 366. The van der Waals surface area contributed by atoms with Crippen molar-refractivity contribution in [3.05, 3.63) is 18.0 Å². The van der Waals surface area contributed by atoms with Crippen LogP contribution in [-0.4, -0.2) is 22.4 Å². The van der Waals surface area contributed by atoms with E-state index < -0.39 is 0 Å². The molecular weight excluding hydrogens is 222 g/mol. The topological polar surface area (TPSA) is 29.9 Å². The van der Waals surface area contributed by atoms with Crippen LogP contribution in [-0.2, 0) is 6.42 Å². The van der Waals surface area contributed by atoms with E-state index in [0.717, 1.165) is 24.8 Å². The SMILES string of the molecule is CCNC(Cc1ccn(C(C)C)n1)C(C)C1CC1. The van der Waals surface area contributed by atoms with Crippen molar-refractivity contribution in [2.75, 3.05) is 6.54 Å². The maximum absolute atomic E-state index is 4.67. The molecule has 0 radical (unpaired) electrons. The Hall–Kier alpha value is -0.830. The van der Waals surface area contributed by atoms with E-state index >= 15 is 0 Å². The summed E-state index contributed by atoms with van der Waals surface area (Å²) in [4.78, 5) is 0. The van der Waals surface area contributed by atoms with Crippen LogP contribution >= 0.6 is 0 Å². The zero-order valence-corrected chi connectivity index (χ0v) is 12.2. The summed E-state index contributed by atoms with van der Waals surface area (Å²) >= 11 is 0. The first-order valence-corrected chi connectivity index (χ1v) is 7.39. The molecule has 3 nitrogen and oxygen atoms in total. The van der Waals surface area contributed by atoms with Crippen LogP contribution in [0.25, 0.3) is 0 Å². The summed E-state index contributed by atoms with van der Waals surface area (Å²) in [6, 6.07) is 3.21. The van der Waals surface area contributed by atoms with Crippen molar-refractivity contribution < 1.29 is 0 Å². The lowest BCUT2D eigenvalue weighted by Crippen LogP contribution is -2.37. The predicted octanol–water partition coefficient (Wildman–Crippen LogP) is 3.03. The molecule has 1 aromatic heterocycles. The van der Waals surface area contributed by atoms with Crippen molar-refractivity contribution in [1.29, 1.82) is 0 Å². The van der Waals surface area contributed by atoms with E-state index in [4.69, 9.17) is 0 Å². The summed E-state index contributed by atoms with van der Waals surface area (Å²) in [5, 5.41) is 8.31. The van der Waals surface area contributed by atoms with E-state index in [0.29, 0.717) is 12.1 Å². The molecule has 1 aliphatic carbocycles. The number of rotatable bonds is 7. The smallest absolute Gasteiger partial charge is 0.0640 e. The molecule has 2 rings (SSSR count). The van der Waals surface area contributed by atoms with Gasteiger partial charge in [0.25, 0.3) is 0 Å². The molecule has 3 heteroatoms. The summed E-state index contributed by atoms with van der Waals surface area (Å²) in [5.74, 6) is 1.72. The molecule has 1 heterocycles. The summed E-state index contributed by atoms with van der Waals surface area (Å²) in [7, 11) is 0. The van der Waals surface area contributed by atoms with E-state index in [-0.39, 0.29) is 0 Å². The highest BCUT2D eigenvalue weighted by molar-refractivity contribution is 5.04. The molecule has 18 heavy (non-hydrogen) atoms. The minimum atomic E-state index is 0.456. The number of likely N-dealkylation sites (N-methyl/N-ethyl adjacent to an activating group) is 1. The molecule has 0 amide bonds. The van der Waals surface area contributed by atoms with Gasteiger partial charge in [0.15, 0.2) is 0 Å². The fourth-order valence-corrected chi connectivity index (χ4v) is 2.66. The largest absolute Gasteiger partial charge is 0.314 e. The highest BCUT2D eigenvalue weighted by Gasteiger charge is 2.33. The van der Waals surface area contributed by atoms with Crippen molar-refractivity contribution in [1.82, 2.24) is 15.1 Å². The summed E-state index contributed by atoms with van der Waals surface area (Å²) in [5.41, 5.74) is 1.22. The van der Waals surface area contributed by atoms with E-state index in [1.165, 1.54) is 18.5 Å². The summed E-state index contributed by atoms with van der Waals surface area (Å²) in [6.07, 6.45) is 6.00. The van der Waals surface area contributed by atoms with Gasteiger partial charge < -0.3 is 5.32 Å². The van der Waals surface area contributed by atoms with Gasteiger partial charge in [-0.25, -0.2) is 0 Å². The van der Waals surface area contributed by atoms with Crippen LogP contribution in [0.4, 0.5) is 0 Å². The van der Waals surface area contributed by atoms with Crippen LogP contribution in [0, 0.1) is 11.8 Å². The molecular formula is C15H27N3. The maximum atomic E-state index is 4.67. The average molecular weight is 249 g/mol. The second-order valence-corrected chi connectivity index (χ2v) is 5.95. The van der Waals surface area contributed by atoms with E-state index in [2.05, 4.69) is 55.1 Å². The normalized spacial score (nSPS) is 19.2. The molecule has 0 aromatic carbocycles. The van der Waals surface area contributed by atoms with Gasteiger partial charge in [0.05, 0.1) is 5.69 Å². The third-order valence-corrected chi connectivity index (χ3v) is 4.09. The Morgan fingerprint density at radius 3 is 2.61 bits per heavy atom. The monoisotopic (exact) mass is 249 g/mol. The number of aromatic nitrogens is 2. The first-order chi connectivity index (χ1) is 8.61. The van der Waals surface area contributed by atoms with Gasteiger partial charge in [-0.05, 0) is 51.1 Å². The molecule has 2 atom stereocenters. The van der Waals surface area contributed by atoms with E-state index in [1.54, 1.807) is 0 Å². The van der Waals surface area contributed by atoms with E-state index in [9.17, 15) is 0 Å². The van der Waals surface area contributed by atoms with Gasteiger partial charge in [0.2, 0.25) is 0 Å². The van der Waals surface area contributed by atoms with Crippen molar-refractivity contribution in [2.24, 2.45) is 11.8 Å². The number of nitrogens with one attached hydrogen (secondary N) is 1. The van der Waals surface area contributed by atoms with Crippen LogP contribution in [0.3, 0.4) is 0 Å². The molecule has 1 N–H and O–H groups in total. The summed E-state index contributed by atoms with van der Waals surface area (Å²) in [6.45, 7) is 9.98. The molecule has 1 aromatic rings. The quantitative estimate of drug-likeness (QED) is 0.805. The van der Waals surface area contributed by atoms with Crippen molar-refractivity contribution in [3.8, 4) is 0 Å². The van der Waals surface area contributed by atoms with Crippen molar-refractivity contribution in [2.45, 2.75) is 59.0 Å². The first kappa shape index (κ1) is 13.6. The Morgan fingerprint density at radius 1 is 1.39 bits per heavy atom. The van der Waals surface area contributed by atoms with Gasteiger partial charge in [-0.3, -0.25) is 4.68 Å². The van der Waals surface area contributed by atoms with Crippen molar-refractivity contribution >= 4 is 0 Å². The molecule has 1 saturated carbocycles. The lowest BCUT2D eigenvalue weighted by atomic mass is 9.93. The second-order valence-electron chi connectivity index (χ2n) is 5.95. The molecule has 0 saturated heterocycles. The van der Waals surface area contributed by atoms with Gasteiger partial charge >= 0.3 is 0 Å². The van der Waals surface area contributed by atoms with Crippen LogP contribution in [0.1, 0.15) is 52.3 Å². The zero-order valence-electron chi connectivity index (χ0n) is 12.2. The molecule has 1 aliphatic rings. The average Bonchev–Trinajstić information content (AvgIpc) is 3.07. The van der Waals surface area contributed by atoms with Gasteiger partial charge in [0, 0.05) is 24.7 Å². The Kier molecular flexibility index (Phi) is 4.44. The zero-order chi connectivity index (χ0) is 13.1. The molecule has 1 fully saturated rings. The number of nitrogens with zero attached hydrogens (tertiary/aromatic N) is 2. The van der Waals surface area contributed by atoms with Gasteiger partial charge in [0.1, 0.15) is 0 Å². The first-order valence-electron chi connectivity index (χ1n) is 7.39. The van der Waals surface area contributed by atoms with Gasteiger partial charge in [-0.15, -0.1) is 0 Å². The van der Waals surface area contributed by atoms with Crippen LogP contribution in [0.2, 0.25) is 0 Å².